The zero-order valence-corrected chi connectivity index (χ0v) is 20.4. The van der Waals surface area contributed by atoms with Gasteiger partial charge >= 0.3 is 0 Å². The van der Waals surface area contributed by atoms with Crippen molar-refractivity contribution in [1.29, 1.82) is 0 Å². The molecule has 0 spiro atoms. The van der Waals surface area contributed by atoms with Crippen molar-refractivity contribution in [3.05, 3.63) is 71.4 Å². The molecule has 0 aliphatic rings. The van der Waals surface area contributed by atoms with E-state index in [-0.39, 0.29) is 12.5 Å². The first-order valence-electron chi connectivity index (χ1n) is 10.7. The molecule has 1 unspecified atom stereocenters. The van der Waals surface area contributed by atoms with Crippen LogP contribution in [0.3, 0.4) is 0 Å². The molecule has 1 atom stereocenters. The van der Waals surface area contributed by atoms with Gasteiger partial charge in [0.25, 0.3) is 10.0 Å². The van der Waals surface area contributed by atoms with Crippen LogP contribution in [0.5, 0.6) is 0 Å². The van der Waals surface area contributed by atoms with Crippen molar-refractivity contribution < 1.29 is 22.4 Å². The molecular formula is C25H31FN2O4S. The molecule has 8 heteroatoms. The summed E-state index contributed by atoms with van der Waals surface area (Å²) in [6.07, 6.45) is 1.50. The van der Waals surface area contributed by atoms with E-state index in [1.165, 1.54) is 35.2 Å². The molecule has 0 aromatic heterocycles. The lowest BCUT2D eigenvalue weighted by Crippen LogP contribution is -2.48. The summed E-state index contributed by atoms with van der Waals surface area (Å²) in [6, 6.07) is 13.8. The van der Waals surface area contributed by atoms with E-state index in [0.717, 1.165) is 5.41 Å². The van der Waals surface area contributed by atoms with Crippen LogP contribution < -0.4 is 9.62 Å². The number of benzene rings is 2. The Bertz CT molecular complexity index is 1090. The number of nitrogens with zero attached hydrogens (tertiary/aromatic N) is 1. The van der Waals surface area contributed by atoms with Crippen molar-refractivity contribution in [2.24, 2.45) is 11.3 Å². The van der Waals surface area contributed by atoms with Crippen LogP contribution >= 0.6 is 0 Å². The molecule has 0 radical (unpaired) electrons. The fourth-order valence-corrected chi connectivity index (χ4v) is 4.16. The zero-order valence-electron chi connectivity index (χ0n) is 19.6. The van der Waals surface area contributed by atoms with Crippen molar-refractivity contribution in [3.63, 3.8) is 0 Å². The van der Waals surface area contributed by atoms with E-state index in [9.17, 15) is 22.4 Å². The summed E-state index contributed by atoms with van der Waals surface area (Å²) in [7, 11) is -4.13. The Balaban J connectivity index is 2.33. The van der Waals surface area contributed by atoms with E-state index >= 15 is 0 Å². The van der Waals surface area contributed by atoms with Gasteiger partial charge in [-0.2, -0.15) is 0 Å². The summed E-state index contributed by atoms with van der Waals surface area (Å²) >= 11 is 0. The minimum Gasteiger partial charge on any atom is -0.309 e. The highest BCUT2D eigenvalue weighted by Crippen LogP contribution is 2.29. The smallest absolute Gasteiger partial charge is 0.257 e. The molecule has 0 aliphatic heterocycles. The summed E-state index contributed by atoms with van der Waals surface area (Å²) in [6.45, 7) is 9.13. The van der Waals surface area contributed by atoms with Crippen LogP contribution in [0.4, 0.5) is 10.1 Å². The summed E-state index contributed by atoms with van der Waals surface area (Å²) < 4.78 is 40.5. The molecule has 33 heavy (non-hydrogen) atoms. The number of hydrogen-bond donors (Lipinski definition) is 1. The number of amides is 2. The van der Waals surface area contributed by atoms with Gasteiger partial charge in [-0.1, -0.05) is 51.1 Å². The Hall–Kier alpha value is -3.00. The highest BCUT2D eigenvalue weighted by Gasteiger charge is 2.37. The number of halogens is 1. The molecule has 178 valence electrons. The molecule has 2 amide bonds. The van der Waals surface area contributed by atoms with Crippen molar-refractivity contribution in [3.8, 4) is 0 Å². The summed E-state index contributed by atoms with van der Waals surface area (Å²) in [5, 5.41) is 0.902. The Labute approximate surface area is 195 Å². The van der Waals surface area contributed by atoms with Crippen LogP contribution in [0.25, 0.3) is 6.08 Å². The van der Waals surface area contributed by atoms with Crippen LogP contribution in [0.1, 0.15) is 46.6 Å². The van der Waals surface area contributed by atoms with Gasteiger partial charge in [-0.05, 0) is 61.6 Å². The van der Waals surface area contributed by atoms with E-state index in [0.29, 0.717) is 11.3 Å². The maximum atomic E-state index is 13.5. The second-order valence-corrected chi connectivity index (χ2v) is 10.9. The van der Waals surface area contributed by atoms with Gasteiger partial charge in [-0.25, -0.2) is 17.5 Å². The maximum Gasteiger partial charge on any atom is 0.257 e. The van der Waals surface area contributed by atoms with E-state index in [2.05, 4.69) is 0 Å². The first-order chi connectivity index (χ1) is 15.3. The largest absolute Gasteiger partial charge is 0.309 e. The van der Waals surface area contributed by atoms with Crippen molar-refractivity contribution >= 4 is 33.6 Å². The SMILES string of the molecule is CC(C)N(C(=O)C(CC(C)(C)C)C(=O)NS(=O)(=O)/C=C/c1ccccc1)c1ccc(F)cc1. The Kier molecular flexibility index (Phi) is 8.55. The molecule has 2 aromatic carbocycles. The van der Waals surface area contributed by atoms with E-state index < -0.39 is 39.0 Å². The van der Waals surface area contributed by atoms with Gasteiger partial charge < -0.3 is 4.90 Å². The van der Waals surface area contributed by atoms with Gasteiger partial charge in [-0.15, -0.1) is 0 Å². The number of carbonyl (C=O) groups excluding carboxylic acids is 2. The molecule has 2 aromatic rings. The molecule has 6 nitrogen and oxygen atoms in total. The summed E-state index contributed by atoms with van der Waals surface area (Å²) in [5.74, 6) is -3.15. The molecule has 0 saturated carbocycles. The summed E-state index contributed by atoms with van der Waals surface area (Å²) in [4.78, 5) is 28.0. The lowest BCUT2D eigenvalue weighted by atomic mass is 9.83. The van der Waals surface area contributed by atoms with Crippen LogP contribution in [-0.4, -0.2) is 26.3 Å². The average Bonchev–Trinajstić information content (AvgIpc) is 2.71. The van der Waals surface area contributed by atoms with Crippen LogP contribution in [-0.2, 0) is 19.6 Å². The highest BCUT2D eigenvalue weighted by molar-refractivity contribution is 7.93. The predicted octanol–water partition coefficient (Wildman–Crippen LogP) is 4.74. The van der Waals surface area contributed by atoms with Gasteiger partial charge in [0, 0.05) is 11.7 Å². The third-order valence-electron chi connectivity index (χ3n) is 4.77. The first-order valence-corrected chi connectivity index (χ1v) is 12.2. The summed E-state index contributed by atoms with van der Waals surface area (Å²) in [5.41, 5.74) is 0.641. The second-order valence-electron chi connectivity index (χ2n) is 9.32. The van der Waals surface area contributed by atoms with E-state index in [1.807, 2.05) is 25.5 Å². The Morgan fingerprint density at radius 3 is 2.12 bits per heavy atom. The number of carbonyl (C=O) groups is 2. The topological polar surface area (TPSA) is 83.6 Å². The molecule has 0 aliphatic carbocycles. The standard InChI is InChI=1S/C25H31FN2O4S/c1-18(2)28(21-13-11-20(26)12-14-21)24(30)22(17-25(3,4)5)23(29)27-33(31,32)16-15-19-9-7-6-8-10-19/h6-16,18,22H,17H2,1-5H3,(H,27,29)/b16-15+. The maximum absolute atomic E-state index is 13.5. The van der Waals surface area contributed by atoms with Gasteiger partial charge in [-0.3, -0.25) is 9.59 Å². The molecule has 0 saturated heterocycles. The average molecular weight is 475 g/mol. The second kappa shape index (κ2) is 10.7. The number of hydrogen-bond acceptors (Lipinski definition) is 4. The van der Waals surface area contributed by atoms with Gasteiger partial charge in [0.2, 0.25) is 11.8 Å². The van der Waals surface area contributed by atoms with E-state index in [4.69, 9.17) is 0 Å². The van der Waals surface area contributed by atoms with Crippen LogP contribution in [0, 0.1) is 17.2 Å². The monoisotopic (exact) mass is 474 g/mol. The third kappa shape index (κ3) is 8.13. The van der Waals surface area contributed by atoms with Gasteiger partial charge in [0.15, 0.2) is 0 Å². The number of rotatable bonds is 8. The molecule has 0 heterocycles. The molecule has 0 bridgehead atoms. The zero-order chi connectivity index (χ0) is 24.8. The van der Waals surface area contributed by atoms with Gasteiger partial charge in [0.1, 0.15) is 11.7 Å². The number of anilines is 1. The normalized spacial score (nSPS) is 13.2. The number of sulfonamides is 1. The Morgan fingerprint density at radius 2 is 1.61 bits per heavy atom. The quantitative estimate of drug-likeness (QED) is 0.561. The van der Waals surface area contributed by atoms with Crippen molar-refractivity contribution in [2.45, 2.75) is 47.1 Å². The first kappa shape index (κ1) is 26.3. The molecular weight excluding hydrogens is 443 g/mol. The fraction of sp³-hybridized carbons (Fsp3) is 0.360. The lowest BCUT2D eigenvalue weighted by molar-refractivity contribution is -0.134. The molecule has 0 fully saturated rings. The van der Waals surface area contributed by atoms with Crippen LogP contribution in [0.15, 0.2) is 60.0 Å². The van der Waals surface area contributed by atoms with Crippen molar-refractivity contribution in [1.82, 2.24) is 4.72 Å². The van der Waals surface area contributed by atoms with E-state index in [1.54, 1.807) is 44.2 Å². The predicted molar refractivity (Wildman–Crippen MR) is 129 cm³/mol. The molecule has 2 rings (SSSR count). The third-order valence-corrected chi connectivity index (χ3v) is 5.75. The Morgan fingerprint density at radius 1 is 1.03 bits per heavy atom. The minimum absolute atomic E-state index is 0.125. The minimum atomic E-state index is -4.13. The number of nitrogens with one attached hydrogen (secondary N) is 1. The van der Waals surface area contributed by atoms with Gasteiger partial charge in [0.05, 0.1) is 5.41 Å². The van der Waals surface area contributed by atoms with Crippen molar-refractivity contribution in [2.75, 3.05) is 4.90 Å². The lowest BCUT2D eigenvalue weighted by Gasteiger charge is -2.32. The molecule has 1 N–H and O–H groups in total. The fourth-order valence-electron chi connectivity index (χ4n) is 3.33. The highest BCUT2D eigenvalue weighted by atomic mass is 32.2. The van der Waals surface area contributed by atoms with Crippen LogP contribution in [0.2, 0.25) is 0 Å².